The molecule has 4 heterocycles. The van der Waals surface area contributed by atoms with Gasteiger partial charge in [0.05, 0.1) is 50.1 Å². The second-order valence-corrected chi connectivity index (χ2v) is 17.5. The van der Waals surface area contributed by atoms with E-state index in [4.69, 9.17) is 14.5 Å². The van der Waals surface area contributed by atoms with Gasteiger partial charge in [-0.15, -0.1) is 0 Å². The number of nitrogens with zero attached hydrogens (tertiary/aromatic N) is 4. The van der Waals surface area contributed by atoms with Crippen LogP contribution in [0, 0.1) is 17.3 Å². The number of alkyl halides is 2. The second-order valence-electron chi connectivity index (χ2n) is 17.5. The number of amides is 4. The zero-order chi connectivity index (χ0) is 43.6. The van der Waals surface area contributed by atoms with Crippen LogP contribution in [-0.4, -0.2) is 99.1 Å². The Morgan fingerprint density at radius 3 is 1.59 bits per heavy atom. The molecule has 14 nitrogen and oxygen atoms in total. The van der Waals surface area contributed by atoms with Crippen LogP contribution in [0.3, 0.4) is 0 Å². The maximum Gasteiger partial charge on any atom is 0.407 e. The number of hydrogen-bond donors (Lipinski definition) is 4. The predicted octanol–water partition coefficient (Wildman–Crippen LogP) is 8.03. The van der Waals surface area contributed by atoms with E-state index < -0.39 is 41.6 Å². The van der Waals surface area contributed by atoms with E-state index in [2.05, 4.69) is 25.6 Å². The molecule has 2 aliphatic heterocycles. The summed E-state index contributed by atoms with van der Waals surface area (Å²) in [5.41, 5.74) is 4.95. The lowest BCUT2D eigenvalue weighted by Gasteiger charge is -2.37. The van der Waals surface area contributed by atoms with E-state index in [1.165, 1.54) is 14.2 Å². The van der Waals surface area contributed by atoms with Gasteiger partial charge >= 0.3 is 12.2 Å². The highest BCUT2D eigenvalue weighted by molar-refractivity contribution is 5.87. The lowest BCUT2D eigenvalue weighted by atomic mass is 9.71. The highest BCUT2D eigenvalue weighted by Gasteiger charge is 2.53. The van der Waals surface area contributed by atoms with Crippen LogP contribution >= 0.6 is 0 Å². The maximum atomic E-state index is 14.3. The van der Waals surface area contributed by atoms with Gasteiger partial charge in [-0.2, -0.15) is 0 Å². The molecule has 3 fully saturated rings. The highest BCUT2D eigenvalue weighted by Crippen LogP contribution is 2.54. The topological polar surface area (TPSA) is 175 Å². The third kappa shape index (κ3) is 9.27. The van der Waals surface area contributed by atoms with Crippen LogP contribution in [0.5, 0.6) is 0 Å². The third-order valence-corrected chi connectivity index (χ3v) is 12.7. The number of methoxy groups -OCH3 is 2. The molecule has 0 radical (unpaired) electrons. The SMILES string of the molecule is COC(=O)N[C@H](C(=O)N1CC2(CCC(F)(F)CC2)CC1c1ncc(-c2ccc(-c3ccc(-c4cnc([C@@H]5CCCN5C(=O)[C@@H](NC(=O)OC)C(C)C)[nH]4)cc3)cc2)[nH]1)C(C)C. The van der Waals surface area contributed by atoms with Crippen LogP contribution in [0.1, 0.15) is 96.4 Å². The molecule has 4 atom stereocenters. The van der Waals surface area contributed by atoms with E-state index in [0.29, 0.717) is 44.0 Å². The Morgan fingerprint density at radius 1 is 0.689 bits per heavy atom. The normalized spacial score (nSPS) is 20.5. The molecule has 1 spiro atoms. The Labute approximate surface area is 354 Å². The number of nitrogens with one attached hydrogen (secondary N) is 4. The molecular formula is C45H56F2N8O6. The summed E-state index contributed by atoms with van der Waals surface area (Å²) in [6, 6.07) is 13.9. The summed E-state index contributed by atoms with van der Waals surface area (Å²) in [7, 11) is 2.52. The molecule has 1 aliphatic carbocycles. The summed E-state index contributed by atoms with van der Waals surface area (Å²) >= 11 is 0. The number of hydrogen-bond acceptors (Lipinski definition) is 8. The van der Waals surface area contributed by atoms with Crippen molar-refractivity contribution in [2.24, 2.45) is 17.3 Å². The quantitative estimate of drug-likeness (QED) is 0.117. The smallest absolute Gasteiger partial charge is 0.407 e. The average molecular weight is 843 g/mol. The molecule has 4 amide bonds. The van der Waals surface area contributed by atoms with Gasteiger partial charge in [0.15, 0.2) is 0 Å². The minimum absolute atomic E-state index is 0.124. The fraction of sp³-hybridized carbons (Fsp3) is 0.511. The first-order valence-electron chi connectivity index (χ1n) is 21.1. The number of aromatic amines is 2. The van der Waals surface area contributed by atoms with E-state index in [1.807, 2.05) is 76.2 Å². The molecule has 2 aromatic heterocycles. The van der Waals surface area contributed by atoms with Crippen molar-refractivity contribution in [1.82, 2.24) is 40.4 Å². The van der Waals surface area contributed by atoms with Gasteiger partial charge < -0.3 is 39.9 Å². The second kappa shape index (κ2) is 17.7. The van der Waals surface area contributed by atoms with Gasteiger partial charge in [-0.3, -0.25) is 9.59 Å². The monoisotopic (exact) mass is 842 g/mol. The zero-order valence-electron chi connectivity index (χ0n) is 35.6. The van der Waals surface area contributed by atoms with Crippen molar-refractivity contribution in [3.63, 3.8) is 0 Å². The molecule has 4 N–H and O–H groups in total. The molecule has 3 aliphatic rings. The van der Waals surface area contributed by atoms with Crippen LogP contribution in [0.25, 0.3) is 33.6 Å². The molecule has 1 saturated carbocycles. The highest BCUT2D eigenvalue weighted by atomic mass is 19.3. The van der Waals surface area contributed by atoms with E-state index in [1.54, 1.807) is 22.2 Å². The number of benzene rings is 2. The number of H-pyrrole nitrogens is 2. The number of carbonyl (C=O) groups is 4. The molecule has 16 heteroatoms. The van der Waals surface area contributed by atoms with Gasteiger partial charge in [-0.05, 0) is 71.6 Å². The van der Waals surface area contributed by atoms with Gasteiger partial charge in [-0.1, -0.05) is 76.2 Å². The Morgan fingerprint density at radius 2 is 1.13 bits per heavy atom. The number of imidazole rings is 2. The largest absolute Gasteiger partial charge is 0.453 e. The maximum absolute atomic E-state index is 14.3. The van der Waals surface area contributed by atoms with Crippen molar-refractivity contribution in [3.8, 4) is 33.6 Å². The number of aromatic nitrogens is 4. The number of alkyl carbamates (subject to hydrolysis) is 2. The molecule has 4 aromatic rings. The third-order valence-electron chi connectivity index (χ3n) is 12.7. The first-order chi connectivity index (χ1) is 29.1. The molecular weight excluding hydrogens is 787 g/mol. The standard InChI is InChI=1S/C45H56F2N8O6/c1-26(2)36(52-42(58)60-5)40(56)54-21-7-8-34(54)38-48-23-32(50-38)30-13-9-28(10-14-30)29-11-15-31(16-12-29)33-24-49-39(51-33)35-22-44(17-19-45(46,47)20-18-44)25-55(35)41(57)37(27(3)4)53-43(59)61-6/h9-16,23-24,26-27,34-37H,7-8,17-22,25H2,1-6H3,(H,48,50)(H,49,51)(H,52,58)(H,53,59)/t34-,35?,36-,37-/m0/s1. The van der Waals surface area contributed by atoms with Gasteiger partial charge in [0.2, 0.25) is 17.7 Å². The Balaban J connectivity index is 1.04. The van der Waals surface area contributed by atoms with Crippen LogP contribution in [0.4, 0.5) is 18.4 Å². The summed E-state index contributed by atoms with van der Waals surface area (Å²) in [5, 5.41) is 5.36. The molecule has 0 bridgehead atoms. The van der Waals surface area contributed by atoms with Crippen molar-refractivity contribution >= 4 is 24.0 Å². The minimum Gasteiger partial charge on any atom is -0.453 e. The number of likely N-dealkylation sites (tertiary alicyclic amines) is 2. The van der Waals surface area contributed by atoms with Crippen LogP contribution in [0.2, 0.25) is 0 Å². The number of ether oxygens (including phenoxy) is 2. The van der Waals surface area contributed by atoms with Crippen molar-refractivity contribution in [3.05, 3.63) is 72.6 Å². The predicted molar refractivity (Wildman–Crippen MR) is 224 cm³/mol. The van der Waals surface area contributed by atoms with Gasteiger partial charge in [0.1, 0.15) is 23.7 Å². The molecule has 7 rings (SSSR count). The van der Waals surface area contributed by atoms with Gasteiger partial charge in [0, 0.05) is 25.9 Å². The molecule has 2 saturated heterocycles. The van der Waals surface area contributed by atoms with Crippen LogP contribution in [0.15, 0.2) is 60.9 Å². The van der Waals surface area contributed by atoms with Gasteiger partial charge in [-0.25, -0.2) is 28.3 Å². The zero-order valence-corrected chi connectivity index (χ0v) is 35.6. The van der Waals surface area contributed by atoms with E-state index in [9.17, 15) is 28.0 Å². The molecule has 1 unspecified atom stereocenters. The summed E-state index contributed by atoms with van der Waals surface area (Å²) in [6.07, 6.45) is 4.40. The number of carbonyl (C=O) groups excluding carboxylic acids is 4. The minimum atomic E-state index is -2.71. The Kier molecular flexibility index (Phi) is 12.5. The average Bonchev–Trinajstić information content (AvgIpc) is 4.09. The summed E-state index contributed by atoms with van der Waals surface area (Å²) in [4.78, 5) is 71.6. The summed E-state index contributed by atoms with van der Waals surface area (Å²) < 4.78 is 38.2. The summed E-state index contributed by atoms with van der Waals surface area (Å²) in [5.74, 6) is -2.26. The van der Waals surface area contributed by atoms with E-state index in [-0.39, 0.29) is 42.5 Å². The first kappa shape index (κ1) is 43.3. The first-order valence-corrected chi connectivity index (χ1v) is 21.1. The lowest BCUT2D eigenvalue weighted by Crippen LogP contribution is -2.51. The van der Waals surface area contributed by atoms with E-state index >= 15 is 0 Å². The van der Waals surface area contributed by atoms with Crippen molar-refractivity contribution in [2.75, 3.05) is 27.3 Å². The molecule has 61 heavy (non-hydrogen) atoms. The Bertz CT molecular complexity index is 2190. The van der Waals surface area contributed by atoms with Crippen molar-refractivity contribution in [1.29, 1.82) is 0 Å². The van der Waals surface area contributed by atoms with Crippen molar-refractivity contribution < 1.29 is 37.4 Å². The molecule has 2 aromatic carbocycles. The fourth-order valence-electron chi connectivity index (χ4n) is 9.10. The van der Waals surface area contributed by atoms with Crippen molar-refractivity contribution in [2.45, 2.75) is 103 Å². The van der Waals surface area contributed by atoms with Crippen LogP contribution < -0.4 is 10.6 Å². The molecule has 326 valence electrons. The lowest BCUT2D eigenvalue weighted by molar-refractivity contribution is -0.136. The van der Waals surface area contributed by atoms with Gasteiger partial charge in [0.25, 0.3) is 0 Å². The number of halogens is 2. The van der Waals surface area contributed by atoms with E-state index in [0.717, 1.165) is 46.5 Å². The summed E-state index contributed by atoms with van der Waals surface area (Å²) in [6.45, 7) is 8.33. The van der Waals surface area contributed by atoms with Crippen LogP contribution in [-0.2, 0) is 19.1 Å². The Hall–Kier alpha value is -5.80. The number of rotatable bonds is 11. The fourth-order valence-corrected chi connectivity index (χ4v) is 9.10.